The Balaban J connectivity index is 2.12. The van der Waals surface area contributed by atoms with Crippen molar-refractivity contribution in [3.8, 4) is 17.0 Å². The fraction of sp³-hybridized carbons (Fsp3) is 0.231. The molecule has 0 fully saturated rings. The monoisotopic (exact) mass is 245 g/mol. The van der Waals surface area contributed by atoms with Gasteiger partial charge in [0.15, 0.2) is 0 Å². The number of nitrogens with one attached hydrogen (secondary N) is 1. The Morgan fingerprint density at radius 1 is 1.11 bits per heavy atom. The summed E-state index contributed by atoms with van der Waals surface area (Å²) in [5.41, 5.74) is 1.78. The number of aliphatic hydroxyl groups is 1. The number of anilines is 1. The van der Waals surface area contributed by atoms with E-state index in [2.05, 4.69) is 15.5 Å². The van der Waals surface area contributed by atoms with Gasteiger partial charge in [-0.05, 0) is 36.4 Å². The molecule has 5 nitrogen and oxygen atoms in total. The summed E-state index contributed by atoms with van der Waals surface area (Å²) in [6, 6.07) is 11.4. The quantitative estimate of drug-likeness (QED) is 0.836. The third-order valence-corrected chi connectivity index (χ3v) is 2.47. The summed E-state index contributed by atoms with van der Waals surface area (Å²) in [6.07, 6.45) is 0. The average Bonchev–Trinajstić information content (AvgIpc) is 2.46. The predicted molar refractivity (Wildman–Crippen MR) is 69.6 cm³/mol. The summed E-state index contributed by atoms with van der Waals surface area (Å²) in [4.78, 5) is 0. The molecule has 0 amide bonds. The van der Waals surface area contributed by atoms with Gasteiger partial charge in [0.2, 0.25) is 0 Å². The number of hydrogen-bond donors (Lipinski definition) is 2. The summed E-state index contributed by atoms with van der Waals surface area (Å²) in [6.45, 7) is 0.540. The van der Waals surface area contributed by atoms with Gasteiger partial charge >= 0.3 is 0 Å². The maximum atomic E-state index is 8.69. The Morgan fingerprint density at radius 3 is 2.44 bits per heavy atom. The van der Waals surface area contributed by atoms with Crippen LogP contribution in [0, 0.1) is 0 Å². The minimum Gasteiger partial charge on any atom is -0.497 e. The fourth-order valence-corrected chi connectivity index (χ4v) is 1.53. The highest BCUT2D eigenvalue weighted by molar-refractivity contribution is 5.60. The number of aromatic nitrogens is 2. The molecule has 0 aliphatic carbocycles. The van der Waals surface area contributed by atoms with E-state index in [1.807, 2.05) is 36.4 Å². The van der Waals surface area contributed by atoms with Crippen molar-refractivity contribution in [1.82, 2.24) is 10.2 Å². The Morgan fingerprint density at radius 2 is 1.89 bits per heavy atom. The molecule has 0 saturated heterocycles. The lowest BCUT2D eigenvalue weighted by molar-refractivity contribution is 0.311. The minimum atomic E-state index is 0.0713. The summed E-state index contributed by atoms with van der Waals surface area (Å²) >= 11 is 0. The molecule has 5 heteroatoms. The molecule has 0 aliphatic heterocycles. The maximum Gasteiger partial charge on any atom is 0.148 e. The molecule has 0 atom stereocenters. The molecule has 0 spiro atoms. The van der Waals surface area contributed by atoms with Gasteiger partial charge in [0.05, 0.1) is 19.4 Å². The first-order valence-corrected chi connectivity index (χ1v) is 5.66. The van der Waals surface area contributed by atoms with E-state index < -0.39 is 0 Å². The van der Waals surface area contributed by atoms with Gasteiger partial charge in [-0.15, -0.1) is 10.2 Å². The number of rotatable bonds is 5. The van der Waals surface area contributed by atoms with E-state index >= 15 is 0 Å². The molecule has 0 bridgehead atoms. The standard InChI is InChI=1S/C13H15N3O2/c1-18-11-4-2-10(3-5-11)12-6-7-13(16-15-12)14-8-9-17/h2-7,17H,8-9H2,1H3,(H,14,16). The largest absolute Gasteiger partial charge is 0.497 e. The van der Waals surface area contributed by atoms with Crippen molar-refractivity contribution >= 4 is 5.82 Å². The van der Waals surface area contributed by atoms with Crippen LogP contribution in [0.25, 0.3) is 11.3 Å². The summed E-state index contributed by atoms with van der Waals surface area (Å²) in [7, 11) is 1.64. The third-order valence-electron chi connectivity index (χ3n) is 2.47. The van der Waals surface area contributed by atoms with Crippen LogP contribution in [0.15, 0.2) is 36.4 Å². The molecule has 1 heterocycles. The van der Waals surface area contributed by atoms with Crippen LogP contribution in [0.3, 0.4) is 0 Å². The molecule has 1 aromatic heterocycles. The third kappa shape index (κ3) is 2.95. The fourth-order valence-electron chi connectivity index (χ4n) is 1.53. The number of nitrogens with zero attached hydrogens (tertiary/aromatic N) is 2. The molecule has 2 N–H and O–H groups in total. The van der Waals surface area contributed by atoms with Gasteiger partial charge in [0.1, 0.15) is 11.6 Å². The van der Waals surface area contributed by atoms with E-state index in [4.69, 9.17) is 9.84 Å². The van der Waals surface area contributed by atoms with E-state index in [0.29, 0.717) is 12.4 Å². The van der Waals surface area contributed by atoms with Crippen molar-refractivity contribution < 1.29 is 9.84 Å². The van der Waals surface area contributed by atoms with Crippen LogP contribution in [0.1, 0.15) is 0 Å². The number of benzene rings is 1. The molecule has 2 aromatic rings. The average molecular weight is 245 g/mol. The molecule has 94 valence electrons. The van der Waals surface area contributed by atoms with Crippen LogP contribution in [0.2, 0.25) is 0 Å². The molecule has 0 aliphatic rings. The number of hydrogen-bond acceptors (Lipinski definition) is 5. The highest BCUT2D eigenvalue weighted by atomic mass is 16.5. The van der Waals surface area contributed by atoms with Gasteiger partial charge < -0.3 is 15.2 Å². The smallest absolute Gasteiger partial charge is 0.148 e. The van der Waals surface area contributed by atoms with E-state index in [-0.39, 0.29) is 6.61 Å². The van der Waals surface area contributed by atoms with Crippen molar-refractivity contribution in [2.45, 2.75) is 0 Å². The normalized spacial score (nSPS) is 10.1. The van der Waals surface area contributed by atoms with Gasteiger partial charge in [-0.2, -0.15) is 0 Å². The molecule has 18 heavy (non-hydrogen) atoms. The first-order valence-electron chi connectivity index (χ1n) is 5.66. The molecule has 0 saturated carbocycles. The second kappa shape index (κ2) is 5.97. The van der Waals surface area contributed by atoms with Crippen LogP contribution in [0.5, 0.6) is 5.75 Å². The van der Waals surface area contributed by atoms with Gasteiger partial charge in [0.25, 0.3) is 0 Å². The lowest BCUT2D eigenvalue weighted by Crippen LogP contribution is -2.07. The highest BCUT2D eigenvalue weighted by Crippen LogP contribution is 2.20. The van der Waals surface area contributed by atoms with Crippen LogP contribution in [0.4, 0.5) is 5.82 Å². The second-order valence-corrected chi connectivity index (χ2v) is 3.68. The van der Waals surface area contributed by atoms with E-state index in [0.717, 1.165) is 17.0 Å². The van der Waals surface area contributed by atoms with Crippen molar-refractivity contribution in [2.75, 3.05) is 25.6 Å². The molecule has 0 radical (unpaired) electrons. The number of ether oxygens (including phenoxy) is 1. The highest BCUT2D eigenvalue weighted by Gasteiger charge is 2.01. The maximum absolute atomic E-state index is 8.69. The van der Waals surface area contributed by atoms with Crippen molar-refractivity contribution in [1.29, 1.82) is 0 Å². The van der Waals surface area contributed by atoms with Crippen molar-refractivity contribution in [3.63, 3.8) is 0 Å². The summed E-state index contributed by atoms with van der Waals surface area (Å²) < 4.78 is 5.10. The lowest BCUT2D eigenvalue weighted by Gasteiger charge is -2.05. The molecule has 0 unspecified atom stereocenters. The molecular weight excluding hydrogens is 230 g/mol. The lowest BCUT2D eigenvalue weighted by atomic mass is 10.1. The van der Waals surface area contributed by atoms with Crippen molar-refractivity contribution in [2.24, 2.45) is 0 Å². The summed E-state index contributed by atoms with van der Waals surface area (Å²) in [5, 5.41) is 19.8. The zero-order chi connectivity index (χ0) is 12.8. The van der Waals surface area contributed by atoms with Gasteiger partial charge in [-0.25, -0.2) is 0 Å². The zero-order valence-electron chi connectivity index (χ0n) is 10.1. The first-order chi connectivity index (χ1) is 8.83. The Hall–Kier alpha value is -2.14. The molecule has 1 aromatic carbocycles. The van der Waals surface area contributed by atoms with Crippen LogP contribution < -0.4 is 10.1 Å². The Bertz CT molecular complexity index is 483. The zero-order valence-corrected chi connectivity index (χ0v) is 10.1. The van der Waals surface area contributed by atoms with E-state index in [9.17, 15) is 0 Å². The SMILES string of the molecule is COc1ccc(-c2ccc(NCCO)nn2)cc1. The second-order valence-electron chi connectivity index (χ2n) is 3.68. The van der Waals surface area contributed by atoms with Gasteiger partial charge in [0, 0.05) is 12.1 Å². The number of methoxy groups -OCH3 is 1. The van der Waals surface area contributed by atoms with E-state index in [1.165, 1.54) is 0 Å². The topological polar surface area (TPSA) is 67.3 Å². The van der Waals surface area contributed by atoms with Crippen molar-refractivity contribution in [3.05, 3.63) is 36.4 Å². The van der Waals surface area contributed by atoms with Gasteiger partial charge in [-0.3, -0.25) is 0 Å². The molecular formula is C13H15N3O2. The Kier molecular flexibility index (Phi) is 4.09. The van der Waals surface area contributed by atoms with Gasteiger partial charge in [-0.1, -0.05) is 0 Å². The predicted octanol–water partition coefficient (Wildman–Crippen LogP) is 1.56. The molecule has 2 rings (SSSR count). The van der Waals surface area contributed by atoms with Crippen LogP contribution >= 0.6 is 0 Å². The first kappa shape index (κ1) is 12.3. The van der Waals surface area contributed by atoms with Crippen LogP contribution in [-0.2, 0) is 0 Å². The van der Waals surface area contributed by atoms with E-state index in [1.54, 1.807) is 7.11 Å². The van der Waals surface area contributed by atoms with Crippen LogP contribution in [-0.4, -0.2) is 35.6 Å². The summed E-state index contributed by atoms with van der Waals surface area (Å²) in [5.74, 6) is 1.47. The Labute approximate surface area is 105 Å². The number of aliphatic hydroxyl groups excluding tert-OH is 1. The minimum absolute atomic E-state index is 0.0713.